The first kappa shape index (κ1) is 18.9. The van der Waals surface area contributed by atoms with Gasteiger partial charge in [-0.1, -0.05) is 12.1 Å². The first-order chi connectivity index (χ1) is 12.6. The van der Waals surface area contributed by atoms with Crippen molar-refractivity contribution in [2.45, 2.75) is 37.9 Å². The highest BCUT2D eigenvalue weighted by atomic mass is 19.4. The van der Waals surface area contributed by atoms with Gasteiger partial charge in [0.15, 0.2) is 0 Å². The van der Waals surface area contributed by atoms with Gasteiger partial charge in [-0.25, -0.2) is 4.79 Å². The highest BCUT2D eigenvalue weighted by Crippen LogP contribution is 2.47. The molecule has 1 aromatic carbocycles. The zero-order valence-corrected chi connectivity index (χ0v) is 14.5. The number of benzene rings is 1. The maximum absolute atomic E-state index is 12.5. The van der Waals surface area contributed by atoms with Crippen molar-refractivity contribution in [3.63, 3.8) is 0 Å². The van der Waals surface area contributed by atoms with Gasteiger partial charge in [0.05, 0.1) is 16.8 Å². The van der Waals surface area contributed by atoms with Crippen LogP contribution in [0, 0.1) is 6.92 Å². The average Bonchev–Trinajstić information content (AvgIpc) is 3.29. The zero-order chi connectivity index (χ0) is 19.8. The van der Waals surface area contributed by atoms with Crippen LogP contribution < -0.4 is 5.32 Å². The van der Waals surface area contributed by atoms with Crippen molar-refractivity contribution in [2.24, 2.45) is 0 Å². The lowest BCUT2D eigenvalue weighted by Crippen LogP contribution is -2.32. The van der Waals surface area contributed by atoms with Crippen LogP contribution in [0.15, 0.2) is 30.5 Å². The molecule has 6 nitrogen and oxygen atoms in total. The number of nitrogens with zero attached hydrogens (tertiary/aromatic N) is 2. The fraction of sp³-hybridized carbons (Fsp3) is 0.389. The molecule has 1 amide bonds. The summed E-state index contributed by atoms with van der Waals surface area (Å²) in [6.07, 6.45) is -1.64. The minimum Gasteiger partial charge on any atom is -0.478 e. The molecule has 1 aliphatic carbocycles. The summed E-state index contributed by atoms with van der Waals surface area (Å²) >= 11 is 0. The third kappa shape index (κ3) is 4.29. The monoisotopic (exact) mass is 381 g/mol. The number of alkyl halides is 3. The number of aromatic carboxylic acids is 1. The van der Waals surface area contributed by atoms with Crippen LogP contribution in [0.2, 0.25) is 0 Å². The molecule has 2 aromatic rings. The molecule has 0 saturated heterocycles. The summed E-state index contributed by atoms with van der Waals surface area (Å²) < 4.78 is 38.1. The Morgan fingerprint density at radius 3 is 2.41 bits per heavy atom. The molecule has 1 heterocycles. The summed E-state index contributed by atoms with van der Waals surface area (Å²) in [5.41, 5.74) is 1.19. The third-order valence-corrected chi connectivity index (χ3v) is 4.72. The van der Waals surface area contributed by atoms with Crippen LogP contribution in [0.4, 0.5) is 13.2 Å². The zero-order valence-electron chi connectivity index (χ0n) is 14.5. The molecular formula is C18H18F3N3O3. The quantitative estimate of drug-likeness (QED) is 0.806. The van der Waals surface area contributed by atoms with Crippen molar-refractivity contribution >= 4 is 11.9 Å². The van der Waals surface area contributed by atoms with E-state index in [0.717, 1.165) is 24.6 Å². The highest BCUT2D eigenvalue weighted by Gasteiger charge is 2.44. The fourth-order valence-corrected chi connectivity index (χ4v) is 3.03. The number of aromatic nitrogens is 2. The summed E-state index contributed by atoms with van der Waals surface area (Å²) in [5.74, 6) is -1.49. The number of carbonyl (C=O) groups is 2. The van der Waals surface area contributed by atoms with E-state index in [1.54, 1.807) is 12.1 Å². The van der Waals surface area contributed by atoms with Gasteiger partial charge in [0.2, 0.25) is 0 Å². The topological polar surface area (TPSA) is 84.2 Å². The Balaban J connectivity index is 1.66. The highest BCUT2D eigenvalue weighted by molar-refractivity contribution is 5.95. The molecule has 3 rings (SSSR count). The number of amides is 1. The van der Waals surface area contributed by atoms with Crippen molar-refractivity contribution in [2.75, 3.05) is 6.54 Å². The van der Waals surface area contributed by atoms with Gasteiger partial charge in [-0.3, -0.25) is 9.48 Å². The molecule has 1 aromatic heterocycles. The first-order valence-electron chi connectivity index (χ1n) is 8.32. The fourth-order valence-electron chi connectivity index (χ4n) is 3.03. The van der Waals surface area contributed by atoms with Crippen LogP contribution >= 0.6 is 0 Å². The lowest BCUT2D eigenvalue weighted by molar-refractivity contribution is -0.142. The summed E-state index contributed by atoms with van der Waals surface area (Å²) in [6.45, 7) is 0.558. The lowest BCUT2D eigenvalue weighted by atomic mass is 9.95. The molecule has 144 valence electrons. The molecule has 0 aliphatic heterocycles. The Labute approximate surface area is 153 Å². The molecule has 0 unspecified atom stereocenters. The van der Waals surface area contributed by atoms with E-state index in [0.29, 0.717) is 11.2 Å². The van der Waals surface area contributed by atoms with Crippen LogP contribution in [0.1, 0.15) is 44.8 Å². The second-order valence-electron chi connectivity index (χ2n) is 6.79. The number of aryl methyl sites for hydroxylation is 1. The summed E-state index contributed by atoms with van der Waals surface area (Å²) in [5, 5.41) is 15.5. The van der Waals surface area contributed by atoms with Crippen LogP contribution in [-0.4, -0.2) is 39.5 Å². The number of carbonyl (C=O) groups excluding carboxylic acids is 1. The van der Waals surface area contributed by atoms with E-state index in [9.17, 15) is 22.8 Å². The van der Waals surface area contributed by atoms with Crippen molar-refractivity contribution < 1.29 is 27.9 Å². The number of nitrogens with one attached hydrogen (secondary N) is 1. The Hall–Kier alpha value is -2.84. The van der Waals surface area contributed by atoms with E-state index in [2.05, 4.69) is 10.4 Å². The Kier molecular flexibility index (Phi) is 4.71. The smallest absolute Gasteiger partial charge is 0.408 e. The molecule has 9 heteroatoms. The van der Waals surface area contributed by atoms with E-state index in [-0.39, 0.29) is 22.2 Å². The molecule has 1 aliphatic rings. The Bertz CT molecular complexity index is 868. The number of carboxylic acid groups (broad SMARTS) is 1. The van der Waals surface area contributed by atoms with Crippen LogP contribution in [-0.2, 0) is 12.0 Å². The maximum Gasteiger partial charge on any atom is 0.408 e. The van der Waals surface area contributed by atoms with Gasteiger partial charge in [0.25, 0.3) is 5.91 Å². The van der Waals surface area contributed by atoms with E-state index in [4.69, 9.17) is 5.11 Å². The number of rotatable bonds is 6. The molecule has 1 fully saturated rings. The average molecular weight is 381 g/mol. The van der Waals surface area contributed by atoms with E-state index >= 15 is 0 Å². The predicted molar refractivity (Wildman–Crippen MR) is 89.7 cm³/mol. The van der Waals surface area contributed by atoms with E-state index in [1.807, 2.05) is 0 Å². The maximum atomic E-state index is 12.5. The molecule has 1 saturated carbocycles. The Morgan fingerprint density at radius 1 is 1.26 bits per heavy atom. The van der Waals surface area contributed by atoms with Crippen molar-refractivity contribution in [3.8, 4) is 0 Å². The van der Waals surface area contributed by atoms with Crippen LogP contribution in [0.25, 0.3) is 0 Å². The van der Waals surface area contributed by atoms with Gasteiger partial charge in [-0.15, -0.1) is 0 Å². The van der Waals surface area contributed by atoms with Gasteiger partial charge in [-0.2, -0.15) is 18.3 Å². The first-order valence-corrected chi connectivity index (χ1v) is 8.32. The molecule has 0 spiro atoms. The van der Waals surface area contributed by atoms with Crippen LogP contribution in [0.5, 0.6) is 0 Å². The largest absolute Gasteiger partial charge is 0.478 e. The molecule has 0 bridgehead atoms. The van der Waals surface area contributed by atoms with Crippen molar-refractivity contribution in [3.05, 3.63) is 52.8 Å². The third-order valence-electron chi connectivity index (χ3n) is 4.72. The van der Waals surface area contributed by atoms with E-state index < -0.39 is 24.6 Å². The molecule has 27 heavy (non-hydrogen) atoms. The van der Waals surface area contributed by atoms with E-state index in [1.165, 1.54) is 19.1 Å². The normalized spacial score (nSPS) is 15.4. The SMILES string of the molecule is Cc1nn(CC(F)(F)F)cc1C(=O)NCC1(c2ccc(C(=O)O)cc2)CC1. The van der Waals surface area contributed by atoms with Crippen molar-refractivity contribution in [1.29, 1.82) is 0 Å². The molecule has 2 N–H and O–H groups in total. The minimum atomic E-state index is -4.41. The molecular weight excluding hydrogens is 363 g/mol. The molecule has 0 atom stereocenters. The van der Waals surface area contributed by atoms with Gasteiger partial charge >= 0.3 is 12.1 Å². The number of halogens is 3. The number of hydrogen-bond donors (Lipinski definition) is 2. The van der Waals surface area contributed by atoms with Gasteiger partial charge < -0.3 is 10.4 Å². The standard InChI is InChI=1S/C18H18F3N3O3/c1-11-14(8-24(23-11)10-18(19,20)21)15(25)22-9-17(6-7-17)13-4-2-12(3-5-13)16(26)27/h2-5,8H,6-7,9-10H2,1H3,(H,22,25)(H,26,27). The van der Waals surface area contributed by atoms with Gasteiger partial charge in [0.1, 0.15) is 6.54 Å². The molecule has 0 radical (unpaired) electrons. The van der Waals surface area contributed by atoms with Gasteiger partial charge in [-0.05, 0) is 37.5 Å². The van der Waals surface area contributed by atoms with Gasteiger partial charge in [0, 0.05) is 18.2 Å². The summed E-state index contributed by atoms with van der Waals surface area (Å²) in [6, 6.07) is 6.50. The predicted octanol–water partition coefficient (Wildman–Crippen LogP) is 2.91. The minimum absolute atomic E-state index is 0.108. The summed E-state index contributed by atoms with van der Waals surface area (Å²) in [4.78, 5) is 23.3. The number of hydrogen-bond acceptors (Lipinski definition) is 3. The summed E-state index contributed by atoms with van der Waals surface area (Å²) in [7, 11) is 0. The number of carboxylic acids is 1. The van der Waals surface area contributed by atoms with Crippen LogP contribution in [0.3, 0.4) is 0 Å². The van der Waals surface area contributed by atoms with Crippen molar-refractivity contribution in [1.82, 2.24) is 15.1 Å². The Morgan fingerprint density at radius 2 is 1.89 bits per heavy atom. The second-order valence-corrected chi connectivity index (χ2v) is 6.79. The lowest BCUT2D eigenvalue weighted by Gasteiger charge is -2.16. The second kappa shape index (κ2) is 6.71.